The van der Waals surface area contributed by atoms with Gasteiger partial charge in [0.05, 0.1) is 22.8 Å². The number of amides is 1. The van der Waals surface area contributed by atoms with E-state index in [0.717, 1.165) is 22.1 Å². The predicted molar refractivity (Wildman–Crippen MR) is 132 cm³/mol. The van der Waals surface area contributed by atoms with Gasteiger partial charge >= 0.3 is 0 Å². The first-order chi connectivity index (χ1) is 15.3. The summed E-state index contributed by atoms with van der Waals surface area (Å²) in [6, 6.07) is 18.5. The van der Waals surface area contributed by atoms with Gasteiger partial charge in [0.1, 0.15) is 0 Å². The fourth-order valence-electron chi connectivity index (χ4n) is 3.62. The van der Waals surface area contributed by atoms with Crippen LogP contribution in [0.1, 0.15) is 13.8 Å². The Kier molecular flexibility index (Phi) is 7.37. The number of carbonyl (C=O) groups is 1. The van der Waals surface area contributed by atoms with Crippen LogP contribution in [-0.2, 0) is 14.8 Å². The lowest BCUT2D eigenvalue weighted by atomic mass is 10.1. The molecule has 32 heavy (non-hydrogen) atoms. The van der Waals surface area contributed by atoms with Crippen LogP contribution in [0.3, 0.4) is 0 Å². The monoisotopic (exact) mass is 454 g/mol. The molecule has 3 aromatic carbocycles. The van der Waals surface area contributed by atoms with Gasteiger partial charge in [0.2, 0.25) is 15.9 Å². The van der Waals surface area contributed by atoms with Crippen LogP contribution < -0.4 is 15.5 Å². The Morgan fingerprint density at radius 1 is 0.906 bits per heavy atom. The molecular weight excluding hydrogens is 424 g/mol. The molecule has 0 saturated heterocycles. The summed E-state index contributed by atoms with van der Waals surface area (Å²) in [6.07, 6.45) is 0. The molecule has 3 aromatic rings. The molecule has 0 spiro atoms. The number of nitrogens with one attached hydrogen (secondary N) is 2. The molecule has 0 saturated carbocycles. The SMILES string of the molecule is CCN(CC)S(=O)(=O)c1ccc(N(C)C)c(NCC(=O)Nc2cccc3ccccc23)c1. The van der Waals surface area contributed by atoms with Crippen LogP contribution in [0.2, 0.25) is 0 Å². The van der Waals surface area contributed by atoms with Crippen molar-refractivity contribution in [2.75, 3.05) is 49.3 Å². The number of carbonyl (C=O) groups excluding carboxylic acids is 1. The Morgan fingerprint density at radius 2 is 1.59 bits per heavy atom. The van der Waals surface area contributed by atoms with Crippen molar-refractivity contribution in [3.05, 3.63) is 60.7 Å². The first-order valence-electron chi connectivity index (χ1n) is 10.6. The van der Waals surface area contributed by atoms with E-state index in [9.17, 15) is 13.2 Å². The standard InChI is InChI=1S/C24H30N4O3S/c1-5-28(6-2)32(30,31)19-14-15-23(27(3)4)22(16-19)25-17-24(29)26-21-13-9-11-18-10-7-8-12-20(18)21/h7-16,25H,5-6,17H2,1-4H3,(H,26,29). The van der Waals surface area contributed by atoms with Crippen molar-refractivity contribution in [2.45, 2.75) is 18.7 Å². The Morgan fingerprint density at radius 3 is 2.28 bits per heavy atom. The predicted octanol–water partition coefficient (Wildman–Crippen LogP) is 3.99. The van der Waals surface area contributed by atoms with Gasteiger partial charge in [0.15, 0.2) is 0 Å². The van der Waals surface area contributed by atoms with E-state index in [0.29, 0.717) is 18.8 Å². The summed E-state index contributed by atoms with van der Waals surface area (Å²) in [5, 5.41) is 8.06. The fraction of sp³-hybridized carbons (Fsp3) is 0.292. The molecule has 7 nitrogen and oxygen atoms in total. The Bertz CT molecular complexity index is 1200. The first kappa shape index (κ1) is 23.6. The Labute approximate surface area is 190 Å². The second-order valence-corrected chi connectivity index (χ2v) is 9.53. The van der Waals surface area contributed by atoms with Crippen LogP contribution >= 0.6 is 0 Å². The number of rotatable bonds is 9. The molecule has 3 rings (SSSR count). The van der Waals surface area contributed by atoms with Gasteiger partial charge in [0.25, 0.3) is 0 Å². The molecule has 170 valence electrons. The third-order valence-corrected chi connectivity index (χ3v) is 7.34. The second-order valence-electron chi connectivity index (χ2n) is 7.59. The van der Waals surface area contributed by atoms with Crippen molar-refractivity contribution < 1.29 is 13.2 Å². The van der Waals surface area contributed by atoms with Crippen LogP contribution in [0.15, 0.2) is 65.6 Å². The molecule has 0 aliphatic heterocycles. The number of nitrogens with zero attached hydrogens (tertiary/aromatic N) is 2. The number of hydrogen-bond acceptors (Lipinski definition) is 5. The molecule has 0 aromatic heterocycles. The molecule has 0 fully saturated rings. The van der Waals surface area contributed by atoms with E-state index < -0.39 is 10.0 Å². The number of sulfonamides is 1. The van der Waals surface area contributed by atoms with Crippen molar-refractivity contribution in [1.82, 2.24) is 4.31 Å². The van der Waals surface area contributed by atoms with Gasteiger partial charge in [-0.1, -0.05) is 50.2 Å². The first-order valence-corrected chi connectivity index (χ1v) is 12.0. The zero-order valence-electron chi connectivity index (χ0n) is 18.9. The lowest BCUT2D eigenvalue weighted by Gasteiger charge is -2.22. The quantitative estimate of drug-likeness (QED) is 0.511. The molecule has 0 aliphatic rings. The van der Waals surface area contributed by atoms with E-state index in [-0.39, 0.29) is 17.3 Å². The van der Waals surface area contributed by atoms with E-state index in [1.807, 2.05) is 75.3 Å². The number of fused-ring (bicyclic) bond motifs is 1. The summed E-state index contributed by atoms with van der Waals surface area (Å²) in [7, 11) is 0.137. The van der Waals surface area contributed by atoms with Crippen molar-refractivity contribution in [3.8, 4) is 0 Å². The molecule has 0 heterocycles. The molecule has 2 N–H and O–H groups in total. The highest BCUT2D eigenvalue weighted by Crippen LogP contribution is 2.29. The van der Waals surface area contributed by atoms with Gasteiger partial charge in [-0.25, -0.2) is 8.42 Å². The minimum atomic E-state index is -3.60. The molecule has 0 unspecified atom stereocenters. The average molecular weight is 455 g/mol. The number of benzene rings is 3. The maximum atomic E-state index is 12.9. The van der Waals surface area contributed by atoms with Crippen LogP contribution in [0.25, 0.3) is 10.8 Å². The van der Waals surface area contributed by atoms with Crippen LogP contribution in [0, 0.1) is 0 Å². The molecule has 0 bridgehead atoms. The van der Waals surface area contributed by atoms with Crippen LogP contribution in [0.4, 0.5) is 17.1 Å². The van der Waals surface area contributed by atoms with E-state index >= 15 is 0 Å². The van der Waals surface area contributed by atoms with E-state index in [1.54, 1.807) is 18.2 Å². The highest BCUT2D eigenvalue weighted by Gasteiger charge is 2.23. The smallest absolute Gasteiger partial charge is 0.243 e. The van der Waals surface area contributed by atoms with Gasteiger partial charge in [-0.15, -0.1) is 0 Å². The highest BCUT2D eigenvalue weighted by molar-refractivity contribution is 7.89. The van der Waals surface area contributed by atoms with E-state index in [4.69, 9.17) is 0 Å². The minimum absolute atomic E-state index is 0.00116. The third-order valence-electron chi connectivity index (χ3n) is 5.30. The molecule has 1 amide bonds. The molecule has 0 radical (unpaired) electrons. The molecular formula is C24H30N4O3S. The highest BCUT2D eigenvalue weighted by atomic mass is 32.2. The lowest BCUT2D eigenvalue weighted by molar-refractivity contribution is -0.114. The van der Waals surface area contributed by atoms with Crippen molar-refractivity contribution in [3.63, 3.8) is 0 Å². The van der Waals surface area contributed by atoms with Crippen molar-refractivity contribution in [1.29, 1.82) is 0 Å². The maximum Gasteiger partial charge on any atom is 0.243 e. The second kappa shape index (κ2) is 10.0. The largest absolute Gasteiger partial charge is 0.376 e. The normalized spacial score (nSPS) is 11.5. The molecule has 8 heteroatoms. The van der Waals surface area contributed by atoms with Gasteiger partial charge in [-0.3, -0.25) is 4.79 Å². The summed E-state index contributed by atoms with van der Waals surface area (Å²) >= 11 is 0. The maximum absolute atomic E-state index is 12.9. The summed E-state index contributed by atoms with van der Waals surface area (Å²) in [4.78, 5) is 14.8. The minimum Gasteiger partial charge on any atom is -0.376 e. The summed E-state index contributed by atoms with van der Waals surface area (Å²) in [5.74, 6) is -0.219. The summed E-state index contributed by atoms with van der Waals surface area (Å²) < 4.78 is 27.3. The Hall–Kier alpha value is -3.10. The topological polar surface area (TPSA) is 81.8 Å². The zero-order valence-corrected chi connectivity index (χ0v) is 19.7. The number of hydrogen-bond donors (Lipinski definition) is 2. The zero-order chi connectivity index (χ0) is 23.3. The molecule has 0 aliphatic carbocycles. The fourth-order valence-corrected chi connectivity index (χ4v) is 5.11. The third kappa shape index (κ3) is 5.03. The van der Waals surface area contributed by atoms with Gasteiger partial charge in [-0.05, 0) is 29.7 Å². The van der Waals surface area contributed by atoms with Crippen molar-refractivity contribution >= 4 is 43.8 Å². The Balaban J connectivity index is 1.82. The van der Waals surface area contributed by atoms with Crippen LogP contribution in [0.5, 0.6) is 0 Å². The summed E-state index contributed by atoms with van der Waals surface area (Å²) in [6.45, 7) is 4.41. The van der Waals surface area contributed by atoms with Gasteiger partial charge in [0, 0.05) is 38.3 Å². The van der Waals surface area contributed by atoms with E-state index in [2.05, 4.69) is 10.6 Å². The average Bonchev–Trinajstić information content (AvgIpc) is 2.78. The van der Waals surface area contributed by atoms with Gasteiger partial charge in [-0.2, -0.15) is 4.31 Å². The lowest BCUT2D eigenvalue weighted by Crippen LogP contribution is -2.30. The number of anilines is 3. The molecule has 0 atom stereocenters. The van der Waals surface area contributed by atoms with Gasteiger partial charge < -0.3 is 15.5 Å². The summed E-state index contributed by atoms with van der Waals surface area (Å²) in [5.41, 5.74) is 2.11. The van der Waals surface area contributed by atoms with Crippen LogP contribution in [-0.4, -0.2) is 52.4 Å². The van der Waals surface area contributed by atoms with E-state index in [1.165, 1.54) is 4.31 Å². The van der Waals surface area contributed by atoms with Crippen molar-refractivity contribution in [2.24, 2.45) is 0 Å².